The van der Waals surface area contributed by atoms with Gasteiger partial charge in [-0.15, -0.1) is 0 Å². The van der Waals surface area contributed by atoms with Gasteiger partial charge in [-0.2, -0.15) is 0 Å². The quantitative estimate of drug-likeness (QED) is 0.804. The van der Waals surface area contributed by atoms with Gasteiger partial charge in [0.1, 0.15) is 11.6 Å². The first-order chi connectivity index (χ1) is 12.8. The molecule has 0 atom stereocenters. The van der Waals surface area contributed by atoms with Gasteiger partial charge in [0.15, 0.2) is 0 Å². The Morgan fingerprint density at radius 2 is 2.08 bits per heavy atom. The van der Waals surface area contributed by atoms with Crippen LogP contribution in [-0.4, -0.2) is 49.8 Å². The molecule has 3 heterocycles. The predicted octanol–water partition coefficient (Wildman–Crippen LogP) is 3.52. The second-order valence-electron chi connectivity index (χ2n) is 7.36. The molecule has 5 nitrogen and oxygen atoms in total. The second kappa shape index (κ2) is 7.80. The van der Waals surface area contributed by atoms with E-state index in [2.05, 4.69) is 29.3 Å². The molecule has 2 aliphatic rings. The summed E-state index contributed by atoms with van der Waals surface area (Å²) in [6.07, 6.45) is 4.71. The van der Waals surface area contributed by atoms with Crippen LogP contribution in [0.4, 0.5) is 5.82 Å². The van der Waals surface area contributed by atoms with Crippen LogP contribution < -0.4 is 10.1 Å². The molecule has 0 aliphatic carbocycles. The summed E-state index contributed by atoms with van der Waals surface area (Å²) >= 11 is 0. The highest BCUT2D eigenvalue weighted by Gasteiger charge is 2.19. The summed E-state index contributed by atoms with van der Waals surface area (Å²) in [6.45, 7) is 7.96. The van der Waals surface area contributed by atoms with E-state index in [0.29, 0.717) is 6.61 Å². The van der Waals surface area contributed by atoms with Crippen LogP contribution in [0.25, 0.3) is 10.9 Å². The summed E-state index contributed by atoms with van der Waals surface area (Å²) in [5.41, 5.74) is 4.76. The van der Waals surface area contributed by atoms with Gasteiger partial charge < -0.3 is 19.7 Å². The lowest BCUT2D eigenvalue weighted by Crippen LogP contribution is -2.22. The van der Waals surface area contributed by atoms with E-state index in [9.17, 15) is 0 Å². The van der Waals surface area contributed by atoms with Crippen molar-refractivity contribution in [3.8, 4) is 5.75 Å². The maximum Gasteiger partial charge on any atom is 0.132 e. The number of likely N-dealkylation sites (tertiary alicyclic amines) is 1. The smallest absolute Gasteiger partial charge is 0.132 e. The van der Waals surface area contributed by atoms with Crippen LogP contribution in [0.3, 0.4) is 0 Å². The van der Waals surface area contributed by atoms with Gasteiger partial charge in [0, 0.05) is 30.6 Å². The molecule has 1 aromatic carbocycles. The van der Waals surface area contributed by atoms with Crippen molar-refractivity contribution in [2.75, 3.05) is 45.2 Å². The first-order valence-corrected chi connectivity index (χ1v) is 9.83. The van der Waals surface area contributed by atoms with Gasteiger partial charge in [0.05, 0.1) is 25.3 Å². The summed E-state index contributed by atoms with van der Waals surface area (Å²) in [6, 6.07) is 4.35. The van der Waals surface area contributed by atoms with Gasteiger partial charge in [0.25, 0.3) is 0 Å². The summed E-state index contributed by atoms with van der Waals surface area (Å²) in [5.74, 6) is 1.89. The molecule has 4 rings (SSSR count). The zero-order valence-electron chi connectivity index (χ0n) is 15.9. The van der Waals surface area contributed by atoms with E-state index in [1.807, 2.05) is 7.05 Å². The Balaban J connectivity index is 1.53. The molecule has 0 bridgehead atoms. The summed E-state index contributed by atoms with van der Waals surface area (Å²) < 4.78 is 11.8. The van der Waals surface area contributed by atoms with E-state index in [4.69, 9.17) is 14.5 Å². The van der Waals surface area contributed by atoms with Gasteiger partial charge in [-0.1, -0.05) is 0 Å². The standard InChI is InChI=1S/C21H29N3O2/c1-15-12-17-16-6-11-25-14-18(16)21(22-2)23-19(17)13-20(15)26-10-5-9-24-7-3-4-8-24/h12-13H,3-11,14H2,1-2H3,(H,22,23). The van der Waals surface area contributed by atoms with Crippen LogP contribution in [0.5, 0.6) is 5.75 Å². The Morgan fingerprint density at radius 1 is 1.23 bits per heavy atom. The SMILES string of the molecule is CNc1nc2cc(OCCCN3CCCC3)c(C)cc2c2c1COCC2. The highest BCUT2D eigenvalue weighted by atomic mass is 16.5. The number of hydrogen-bond donors (Lipinski definition) is 1. The minimum Gasteiger partial charge on any atom is -0.493 e. The normalized spacial score (nSPS) is 17.5. The lowest BCUT2D eigenvalue weighted by Gasteiger charge is -2.22. The number of anilines is 1. The topological polar surface area (TPSA) is 46.6 Å². The van der Waals surface area contributed by atoms with Crippen LogP contribution >= 0.6 is 0 Å². The third-order valence-corrected chi connectivity index (χ3v) is 5.56. The molecule has 5 heteroatoms. The minimum atomic E-state index is 0.641. The first kappa shape index (κ1) is 17.6. The molecule has 0 spiro atoms. The minimum absolute atomic E-state index is 0.641. The molecule has 1 fully saturated rings. The summed E-state index contributed by atoms with van der Waals surface area (Å²) in [4.78, 5) is 7.35. The molecule has 0 saturated carbocycles. The molecule has 0 amide bonds. The number of aryl methyl sites for hydroxylation is 1. The van der Waals surface area contributed by atoms with Gasteiger partial charge >= 0.3 is 0 Å². The Hall–Kier alpha value is -1.85. The third kappa shape index (κ3) is 3.51. The number of hydrogen-bond acceptors (Lipinski definition) is 5. The van der Waals surface area contributed by atoms with Crippen molar-refractivity contribution in [3.05, 3.63) is 28.8 Å². The molecule has 1 saturated heterocycles. The number of aromatic nitrogens is 1. The monoisotopic (exact) mass is 355 g/mol. The predicted molar refractivity (Wildman–Crippen MR) is 105 cm³/mol. The van der Waals surface area contributed by atoms with Crippen molar-refractivity contribution in [1.29, 1.82) is 0 Å². The lowest BCUT2D eigenvalue weighted by molar-refractivity contribution is 0.111. The maximum absolute atomic E-state index is 6.11. The fourth-order valence-electron chi connectivity index (χ4n) is 4.13. The molecule has 0 unspecified atom stereocenters. The van der Waals surface area contributed by atoms with Gasteiger partial charge in [0.2, 0.25) is 0 Å². The van der Waals surface area contributed by atoms with E-state index in [-0.39, 0.29) is 0 Å². The molecule has 140 valence electrons. The van der Waals surface area contributed by atoms with Crippen molar-refractivity contribution in [1.82, 2.24) is 9.88 Å². The van der Waals surface area contributed by atoms with Crippen molar-refractivity contribution in [3.63, 3.8) is 0 Å². The fourth-order valence-corrected chi connectivity index (χ4v) is 4.13. The van der Waals surface area contributed by atoms with Crippen LogP contribution in [0.15, 0.2) is 12.1 Å². The molecular formula is C21H29N3O2. The van der Waals surface area contributed by atoms with E-state index in [1.165, 1.54) is 48.0 Å². The van der Waals surface area contributed by atoms with Crippen molar-refractivity contribution < 1.29 is 9.47 Å². The van der Waals surface area contributed by atoms with Gasteiger partial charge in [-0.3, -0.25) is 0 Å². The van der Waals surface area contributed by atoms with Gasteiger partial charge in [-0.25, -0.2) is 4.98 Å². The summed E-state index contributed by atoms with van der Waals surface area (Å²) in [7, 11) is 1.92. The number of nitrogens with one attached hydrogen (secondary N) is 1. The molecule has 1 aromatic heterocycles. The van der Waals surface area contributed by atoms with E-state index >= 15 is 0 Å². The largest absolute Gasteiger partial charge is 0.493 e. The van der Waals surface area contributed by atoms with Gasteiger partial charge in [-0.05, 0) is 62.9 Å². The zero-order valence-corrected chi connectivity index (χ0v) is 15.9. The number of fused-ring (bicyclic) bond motifs is 3. The highest BCUT2D eigenvalue weighted by molar-refractivity contribution is 5.88. The van der Waals surface area contributed by atoms with Crippen molar-refractivity contribution in [2.45, 2.75) is 39.2 Å². The van der Waals surface area contributed by atoms with E-state index in [1.54, 1.807) is 0 Å². The number of ether oxygens (including phenoxy) is 2. The van der Waals surface area contributed by atoms with Crippen LogP contribution in [0, 0.1) is 6.92 Å². The zero-order chi connectivity index (χ0) is 17.9. The number of nitrogens with zero attached hydrogens (tertiary/aromatic N) is 2. The summed E-state index contributed by atoms with van der Waals surface area (Å²) in [5, 5.41) is 4.47. The number of pyridine rings is 1. The van der Waals surface area contributed by atoms with E-state index in [0.717, 1.165) is 49.7 Å². The van der Waals surface area contributed by atoms with Crippen LogP contribution in [0.1, 0.15) is 36.0 Å². The first-order valence-electron chi connectivity index (χ1n) is 9.83. The Bertz CT molecular complexity index is 785. The molecule has 26 heavy (non-hydrogen) atoms. The molecule has 0 radical (unpaired) electrons. The van der Waals surface area contributed by atoms with E-state index < -0.39 is 0 Å². The van der Waals surface area contributed by atoms with Crippen molar-refractivity contribution >= 4 is 16.7 Å². The average molecular weight is 355 g/mol. The van der Waals surface area contributed by atoms with Crippen LogP contribution in [0.2, 0.25) is 0 Å². The average Bonchev–Trinajstić information content (AvgIpc) is 3.18. The second-order valence-corrected chi connectivity index (χ2v) is 7.36. The molecule has 2 aliphatic heterocycles. The number of benzene rings is 1. The molecule has 2 aromatic rings. The van der Waals surface area contributed by atoms with Crippen LogP contribution in [-0.2, 0) is 17.8 Å². The molecular weight excluding hydrogens is 326 g/mol. The van der Waals surface area contributed by atoms with Crippen molar-refractivity contribution in [2.24, 2.45) is 0 Å². The maximum atomic E-state index is 6.11. The fraction of sp³-hybridized carbons (Fsp3) is 0.571. The molecule has 1 N–H and O–H groups in total. The Labute approximate surface area is 155 Å². The lowest BCUT2D eigenvalue weighted by atomic mass is 9.97. The third-order valence-electron chi connectivity index (χ3n) is 5.56. The number of rotatable bonds is 6. The highest BCUT2D eigenvalue weighted by Crippen LogP contribution is 2.33. The Morgan fingerprint density at radius 3 is 2.88 bits per heavy atom. The Kier molecular flexibility index (Phi) is 5.27.